The van der Waals surface area contributed by atoms with Crippen molar-refractivity contribution < 1.29 is 23.1 Å². The summed E-state index contributed by atoms with van der Waals surface area (Å²) in [7, 11) is 0. The number of hydrogen-bond donors (Lipinski definition) is 2. The second-order valence-corrected chi connectivity index (χ2v) is 5.56. The Bertz CT molecular complexity index is 708. The van der Waals surface area contributed by atoms with Gasteiger partial charge < -0.3 is 15.4 Å². The van der Waals surface area contributed by atoms with Crippen molar-refractivity contribution in [3.63, 3.8) is 0 Å². The normalized spacial score (nSPS) is 14.1. The Hall–Kier alpha value is -1.87. The molecule has 0 amide bonds. The van der Waals surface area contributed by atoms with Gasteiger partial charge in [-0.15, -0.1) is 0 Å². The summed E-state index contributed by atoms with van der Waals surface area (Å²) >= 11 is 3.07. The predicted octanol–water partition coefficient (Wildman–Crippen LogP) is 2.60. The van der Waals surface area contributed by atoms with Crippen LogP contribution in [0.3, 0.4) is 0 Å². The maximum absolute atomic E-state index is 13.9. The zero-order valence-electron chi connectivity index (χ0n) is 11.0. The standard InChI is InChI=1S/C13H11BrF3N3O2/c14-7-1-2-9(15)8(5-7)13(18,12(16)17)6-20-4-3-19-10(20)11(21)22/h1-5,12H,6,18H2,(H,21,22). The van der Waals surface area contributed by atoms with E-state index in [-0.39, 0.29) is 0 Å². The molecule has 1 aromatic carbocycles. The Morgan fingerprint density at radius 3 is 2.77 bits per heavy atom. The van der Waals surface area contributed by atoms with E-state index < -0.39 is 41.7 Å². The van der Waals surface area contributed by atoms with E-state index in [4.69, 9.17) is 10.8 Å². The molecule has 118 valence electrons. The molecule has 2 aromatic rings. The van der Waals surface area contributed by atoms with Crippen LogP contribution in [0.1, 0.15) is 16.2 Å². The second kappa shape index (κ2) is 6.09. The van der Waals surface area contributed by atoms with Crippen molar-refractivity contribution in [1.82, 2.24) is 9.55 Å². The molecule has 5 nitrogen and oxygen atoms in total. The smallest absolute Gasteiger partial charge is 0.372 e. The zero-order chi connectivity index (χ0) is 16.5. The summed E-state index contributed by atoms with van der Waals surface area (Å²) in [6, 6.07) is 3.51. The maximum atomic E-state index is 13.9. The second-order valence-electron chi connectivity index (χ2n) is 4.65. The lowest BCUT2D eigenvalue weighted by Crippen LogP contribution is -2.48. The summed E-state index contributed by atoms with van der Waals surface area (Å²) in [4.78, 5) is 14.6. The molecule has 0 aliphatic carbocycles. The minimum absolute atomic E-state index is 0.378. The number of nitrogens with zero attached hydrogens (tertiary/aromatic N) is 2. The van der Waals surface area contributed by atoms with Gasteiger partial charge in [0, 0.05) is 22.4 Å². The highest BCUT2D eigenvalue weighted by Crippen LogP contribution is 2.32. The fourth-order valence-electron chi connectivity index (χ4n) is 2.04. The third-order valence-corrected chi connectivity index (χ3v) is 3.65. The molecule has 1 aromatic heterocycles. The van der Waals surface area contributed by atoms with Gasteiger partial charge in [0.05, 0.1) is 6.54 Å². The molecule has 1 heterocycles. The average Bonchev–Trinajstić information content (AvgIpc) is 2.89. The van der Waals surface area contributed by atoms with Crippen LogP contribution >= 0.6 is 15.9 Å². The highest BCUT2D eigenvalue weighted by molar-refractivity contribution is 9.10. The molecule has 0 spiro atoms. The maximum Gasteiger partial charge on any atom is 0.372 e. The molecule has 1 atom stereocenters. The Kier molecular flexibility index (Phi) is 4.57. The number of rotatable bonds is 5. The number of carboxylic acid groups (broad SMARTS) is 1. The number of carboxylic acids is 1. The van der Waals surface area contributed by atoms with Crippen molar-refractivity contribution in [1.29, 1.82) is 0 Å². The summed E-state index contributed by atoms with van der Waals surface area (Å²) in [5.74, 6) is -2.75. The quantitative estimate of drug-likeness (QED) is 0.838. The number of nitrogens with two attached hydrogens (primary N) is 1. The largest absolute Gasteiger partial charge is 0.475 e. The number of hydrogen-bond acceptors (Lipinski definition) is 3. The van der Waals surface area contributed by atoms with Crippen molar-refractivity contribution >= 4 is 21.9 Å². The minimum atomic E-state index is -3.12. The number of benzene rings is 1. The Morgan fingerprint density at radius 2 is 2.18 bits per heavy atom. The van der Waals surface area contributed by atoms with Crippen molar-refractivity contribution in [3.05, 3.63) is 52.3 Å². The summed E-state index contributed by atoms with van der Waals surface area (Å²) in [5.41, 5.74) is 2.92. The molecule has 0 bridgehead atoms. The molecule has 22 heavy (non-hydrogen) atoms. The molecular weight excluding hydrogens is 367 g/mol. The van der Waals surface area contributed by atoms with Crippen LogP contribution < -0.4 is 5.73 Å². The van der Waals surface area contributed by atoms with Crippen LogP contribution in [0.5, 0.6) is 0 Å². The van der Waals surface area contributed by atoms with E-state index in [0.29, 0.717) is 4.47 Å². The van der Waals surface area contributed by atoms with Gasteiger partial charge in [-0.3, -0.25) is 0 Å². The lowest BCUT2D eigenvalue weighted by atomic mass is 9.90. The van der Waals surface area contributed by atoms with E-state index in [1.54, 1.807) is 0 Å². The van der Waals surface area contributed by atoms with Crippen molar-refractivity contribution in [2.45, 2.75) is 18.5 Å². The van der Waals surface area contributed by atoms with Gasteiger partial charge in [-0.25, -0.2) is 22.9 Å². The van der Waals surface area contributed by atoms with E-state index in [2.05, 4.69) is 20.9 Å². The van der Waals surface area contributed by atoms with Gasteiger partial charge in [-0.1, -0.05) is 15.9 Å². The van der Waals surface area contributed by atoms with Crippen LogP contribution in [-0.4, -0.2) is 27.1 Å². The number of halogens is 4. The average molecular weight is 378 g/mol. The van der Waals surface area contributed by atoms with Gasteiger partial charge in [0.1, 0.15) is 11.4 Å². The summed E-state index contributed by atoms with van der Waals surface area (Å²) in [6.07, 6.45) is -0.781. The van der Waals surface area contributed by atoms with E-state index in [0.717, 1.165) is 22.9 Å². The van der Waals surface area contributed by atoms with Crippen LogP contribution in [0.2, 0.25) is 0 Å². The molecule has 0 radical (unpaired) electrons. The fraction of sp³-hybridized carbons (Fsp3) is 0.231. The van der Waals surface area contributed by atoms with E-state index in [9.17, 15) is 18.0 Å². The molecule has 1 unspecified atom stereocenters. The molecule has 2 rings (SSSR count). The third kappa shape index (κ3) is 3.00. The Balaban J connectivity index is 2.51. The van der Waals surface area contributed by atoms with Crippen LogP contribution in [0.25, 0.3) is 0 Å². The monoisotopic (exact) mass is 377 g/mol. The van der Waals surface area contributed by atoms with Gasteiger partial charge in [-0.05, 0) is 18.2 Å². The van der Waals surface area contributed by atoms with Crippen molar-refractivity contribution in [2.24, 2.45) is 5.73 Å². The fourth-order valence-corrected chi connectivity index (χ4v) is 2.40. The first-order chi connectivity index (χ1) is 10.3. The predicted molar refractivity (Wildman–Crippen MR) is 75.2 cm³/mol. The van der Waals surface area contributed by atoms with Gasteiger partial charge in [0.2, 0.25) is 5.82 Å². The molecule has 0 aliphatic rings. The molecule has 0 fully saturated rings. The highest BCUT2D eigenvalue weighted by Gasteiger charge is 2.41. The molecule has 0 aliphatic heterocycles. The minimum Gasteiger partial charge on any atom is -0.475 e. The van der Waals surface area contributed by atoms with E-state index in [1.165, 1.54) is 12.3 Å². The lowest BCUT2D eigenvalue weighted by molar-refractivity contribution is 0.0374. The Labute approximate surface area is 131 Å². The van der Waals surface area contributed by atoms with Gasteiger partial charge >= 0.3 is 5.97 Å². The molecule has 0 saturated carbocycles. The van der Waals surface area contributed by atoms with Crippen LogP contribution in [0.15, 0.2) is 35.1 Å². The van der Waals surface area contributed by atoms with Gasteiger partial charge in [0.25, 0.3) is 6.43 Å². The Morgan fingerprint density at radius 1 is 1.50 bits per heavy atom. The number of alkyl halides is 2. The zero-order valence-corrected chi connectivity index (χ0v) is 12.6. The molecule has 0 saturated heterocycles. The van der Waals surface area contributed by atoms with Gasteiger partial charge in [0.15, 0.2) is 0 Å². The van der Waals surface area contributed by atoms with E-state index >= 15 is 0 Å². The summed E-state index contributed by atoms with van der Waals surface area (Å²) in [6.45, 7) is -0.639. The van der Waals surface area contributed by atoms with Gasteiger partial charge in [-0.2, -0.15) is 0 Å². The topological polar surface area (TPSA) is 81.1 Å². The number of aromatic carboxylic acids is 1. The van der Waals surface area contributed by atoms with Crippen LogP contribution in [-0.2, 0) is 12.1 Å². The molecular formula is C13H11BrF3N3O2. The summed E-state index contributed by atoms with van der Waals surface area (Å²) in [5, 5.41) is 8.97. The SMILES string of the molecule is NC(Cn1ccnc1C(=O)O)(c1cc(Br)ccc1F)C(F)F. The van der Waals surface area contributed by atoms with E-state index in [1.807, 2.05) is 0 Å². The number of carbonyl (C=O) groups is 1. The number of aromatic nitrogens is 2. The van der Waals surface area contributed by atoms with Crippen LogP contribution in [0, 0.1) is 5.82 Å². The third-order valence-electron chi connectivity index (χ3n) is 3.16. The van der Waals surface area contributed by atoms with Crippen LogP contribution in [0.4, 0.5) is 13.2 Å². The first-order valence-corrected chi connectivity index (χ1v) is 6.82. The lowest BCUT2D eigenvalue weighted by Gasteiger charge is -2.30. The highest BCUT2D eigenvalue weighted by atomic mass is 79.9. The molecule has 9 heteroatoms. The number of imidazole rings is 1. The molecule has 3 N–H and O–H groups in total. The first kappa shape index (κ1) is 16.5. The first-order valence-electron chi connectivity index (χ1n) is 6.02. The van der Waals surface area contributed by atoms with Crippen molar-refractivity contribution in [3.8, 4) is 0 Å². The van der Waals surface area contributed by atoms with Crippen molar-refractivity contribution in [2.75, 3.05) is 0 Å². The summed E-state index contributed by atoms with van der Waals surface area (Å²) < 4.78 is 42.3.